The van der Waals surface area contributed by atoms with Gasteiger partial charge in [-0.1, -0.05) is 25.5 Å². The second kappa shape index (κ2) is 6.38. The van der Waals surface area contributed by atoms with Crippen molar-refractivity contribution in [3.05, 3.63) is 29.6 Å². The number of rotatable bonds is 4. The highest BCUT2D eigenvalue weighted by Crippen LogP contribution is 2.34. The minimum Gasteiger partial charge on any atom is -0.494 e. The first-order valence-corrected chi connectivity index (χ1v) is 7.15. The van der Waals surface area contributed by atoms with Crippen LogP contribution < -0.4 is 4.74 Å². The van der Waals surface area contributed by atoms with Gasteiger partial charge in [0.05, 0.1) is 13.2 Å². The van der Waals surface area contributed by atoms with E-state index in [9.17, 15) is 9.50 Å². The summed E-state index contributed by atoms with van der Waals surface area (Å²) in [5.41, 5.74) is 0.653. The molecular formula is C16H23FO2. The lowest BCUT2D eigenvalue weighted by Gasteiger charge is -2.33. The summed E-state index contributed by atoms with van der Waals surface area (Å²) in [6.07, 6.45) is 4.37. The standard InChI is InChI=1S/C16H23FO2/c1-3-11-7-8-14(18)13(9-11)10-12-5-4-6-15(19-2)16(12)17/h4-6,11,13-14,18H,3,7-10H2,1-2H3. The van der Waals surface area contributed by atoms with Gasteiger partial charge in [-0.05, 0) is 49.1 Å². The summed E-state index contributed by atoms with van der Waals surface area (Å²) in [5, 5.41) is 10.1. The highest BCUT2D eigenvalue weighted by molar-refractivity contribution is 5.31. The van der Waals surface area contributed by atoms with Crippen molar-refractivity contribution in [3.63, 3.8) is 0 Å². The molecule has 0 radical (unpaired) electrons. The van der Waals surface area contributed by atoms with E-state index in [1.54, 1.807) is 12.1 Å². The highest BCUT2D eigenvalue weighted by Gasteiger charge is 2.29. The van der Waals surface area contributed by atoms with Crippen molar-refractivity contribution >= 4 is 0 Å². The van der Waals surface area contributed by atoms with Gasteiger partial charge in [0.2, 0.25) is 0 Å². The number of hydrogen-bond donors (Lipinski definition) is 1. The first kappa shape index (κ1) is 14.3. The molecule has 0 spiro atoms. The molecule has 2 rings (SSSR count). The number of methoxy groups -OCH3 is 1. The van der Waals surface area contributed by atoms with Crippen LogP contribution in [0, 0.1) is 17.7 Å². The fourth-order valence-electron chi connectivity index (χ4n) is 3.09. The van der Waals surface area contributed by atoms with Crippen molar-refractivity contribution in [2.75, 3.05) is 7.11 Å². The third-order valence-electron chi connectivity index (χ3n) is 4.37. The Morgan fingerprint density at radius 1 is 1.37 bits per heavy atom. The number of benzene rings is 1. The average molecular weight is 266 g/mol. The molecule has 1 aromatic rings. The van der Waals surface area contributed by atoms with Crippen LogP contribution in [0.5, 0.6) is 5.75 Å². The first-order chi connectivity index (χ1) is 9.15. The van der Waals surface area contributed by atoms with Crippen LogP contribution in [0.2, 0.25) is 0 Å². The zero-order valence-corrected chi connectivity index (χ0v) is 11.7. The zero-order chi connectivity index (χ0) is 13.8. The number of aliphatic hydroxyl groups excluding tert-OH is 1. The van der Waals surface area contributed by atoms with Gasteiger partial charge in [-0.2, -0.15) is 0 Å². The lowest BCUT2D eigenvalue weighted by molar-refractivity contribution is 0.0470. The summed E-state index contributed by atoms with van der Waals surface area (Å²) < 4.78 is 19.1. The van der Waals surface area contributed by atoms with Crippen LogP contribution in [0.3, 0.4) is 0 Å². The van der Waals surface area contributed by atoms with Crippen molar-refractivity contribution in [2.45, 2.75) is 45.1 Å². The number of hydrogen-bond acceptors (Lipinski definition) is 2. The van der Waals surface area contributed by atoms with Crippen LogP contribution in [0.15, 0.2) is 18.2 Å². The predicted octanol–water partition coefficient (Wildman–Crippen LogP) is 3.56. The van der Waals surface area contributed by atoms with Crippen molar-refractivity contribution < 1.29 is 14.2 Å². The Balaban J connectivity index is 2.11. The van der Waals surface area contributed by atoms with E-state index < -0.39 is 0 Å². The summed E-state index contributed by atoms with van der Waals surface area (Å²) in [4.78, 5) is 0. The topological polar surface area (TPSA) is 29.5 Å². The van der Waals surface area contributed by atoms with Crippen LogP contribution in [0.25, 0.3) is 0 Å². The molecule has 3 heteroatoms. The average Bonchev–Trinajstić information content (AvgIpc) is 2.43. The lowest BCUT2D eigenvalue weighted by Crippen LogP contribution is -2.30. The van der Waals surface area contributed by atoms with Crippen LogP contribution in [0.1, 0.15) is 38.2 Å². The molecule has 1 N–H and O–H groups in total. The summed E-state index contributed by atoms with van der Waals surface area (Å²) >= 11 is 0. The summed E-state index contributed by atoms with van der Waals surface area (Å²) in [6.45, 7) is 2.19. The minimum absolute atomic E-state index is 0.167. The fraction of sp³-hybridized carbons (Fsp3) is 0.625. The second-order valence-corrected chi connectivity index (χ2v) is 5.55. The van der Waals surface area contributed by atoms with Gasteiger partial charge in [0.1, 0.15) is 0 Å². The van der Waals surface area contributed by atoms with Gasteiger partial charge >= 0.3 is 0 Å². The van der Waals surface area contributed by atoms with Crippen molar-refractivity contribution in [1.82, 2.24) is 0 Å². The van der Waals surface area contributed by atoms with Crippen LogP contribution >= 0.6 is 0 Å². The molecule has 0 heterocycles. The molecule has 19 heavy (non-hydrogen) atoms. The molecule has 1 aromatic carbocycles. The molecular weight excluding hydrogens is 243 g/mol. The third-order valence-corrected chi connectivity index (χ3v) is 4.37. The Kier molecular flexibility index (Phi) is 4.81. The maximum atomic E-state index is 14.1. The quantitative estimate of drug-likeness (QED) is 0.903. The Morgan fingerprint density at radius 3 is 2.84 bits per heavy atom. The van der Waals surface area contributed by atoms with E-state index >= 15 is 0 Å². The third kappa shape index (κ3) is 3.27. The Hall–Kier alpha value is -1.09. The summed E-state index contributed by atoms with van der Waals surface area (Å²) in [5.74, 6) is 0.841. The molecule has 106 valence electrons. The molecule has 2 nitrogen and oxygen atoms in total. The van der Waals surface area contributed by atoms with Gasteiger partial charge in [0.15, 0.2) is 11.6 Å². The number of ether oxygens (including phenoxy) is 1. The van der Waals surface area contributed by atoms with E-state index in [4.69, 9.17) is 4.74 Å². The Morgan fingerprint density at radius 2 is 2.16 bits per heavy atom. The van der Waals surface area contributed by atoms with E-state index in [1.165, 1.54) is 7.11 Å². The number of halogens is 1. The lowest BCUT2D eigenvalue weighted by atomic mass is 9.76. The SMILES string of the molecule is CCC1CCC(O)C(Cc2cccc(OC)c2F)C1. The van der Waals surface area contributed by atoms with E-state index in [1.807, 2.05) is 6.07 Å². The van der Waals surface area contributed by atoms with Crippen molar-refractivity contribution in [2.24, 2.45) is 11.8 Å². The van der Waals surface area contributed by atoms with E-state index in [0.717, 1.165) is 25.7 Å². The number of aliphatic hydroxyl groups is 1. The molecule has 1 aliphatic rings. The molecule has 0 bridgehead atoms. The van der Waals surface area contributed by atoms with Gasteiger partial charge < -0.3 is 9.84 Å². The molecule has 0 amide bonds. The van der Waals surface area contributed by atoms with Crippen molar-refractivity contribution in [1.29, 1.82) is 0 Å². The zero-order valence-electron chi connectivity index (χ0n) is 11.7. The maximum Gasteiger partial charge on any atom is 0.168 e. The monoisotopic (exact) mass is 266 g/mol. The van der Waals surface area contributed by atoms with Gasteiger partial charge in [0, 0.05) is 0 Å². The predicted molar refractivity (Wildman–Crippen MR) is 73.8 cm³/mol. The molecule has 1 aliphatic carbocycles. The normalized spacial score (nSPS) is 27.3. The van der Waals surface area contributed by atoms with Gasteiger partial charge in [-0.3, -0.25) is 0 Å². The molecule has 0 aromatic heterocycles. The summed E-state index contributed by atoms with van der Waals surface area (Å²) in [6, 6.07) is 5.23. The molecule has 3 unspecified atom stereocenters. The van der Waals surface area contributed by atoms with Crippen molar-refractivity contribution in [3.8, 4) is 5.75 Å². The van der Waals surface area contributed by atoms with Crippen LogP contribution in [0.4, 0.5) is 4.39 Å². The van der Waals surface area contributed by atoms with E-state index in [-0.39, 0.29) is 23.6 Å². The molecule has 0 aliphatic heterocycles. The molecule has 3 atom stereocenters. The Bertz CT molecular complexity index is 419. The fourth-order valence-corrected chi connectivity index (χ4v) is 3.09. The molecule has 1 fully saturated rings. The van der Waals surface area contributed by atoms with Gasteiger partial charge in [-0.25, -0.2) is 4.39 Å². The highest BCUT2D eigenvalue weighted by atomic mass is 19.1. The van der Waals surface area contributed by atoms with Gasteiger partial charge in [0.25, 0.3) is 0 Å². The van der Waals surface area contributed by atoms with Crippen LogP contribution in [-0.2, 0) is 6.42 Å². The molecule has 1 saturated carbocycles. The van der Waals surface area contributed by atoms with E-state index in [2.05, 4.69) is 6.92 Å². The molecule has 0 saturated heterocycles. The minimum atomic E-state index is -0.298. The maximum absolute atomic E-state index is 14.1. The first-order valence-electron chi connectivity index (χ1n) is 7.15. The largest absolute Gasteiger partial charge is 0.494 e. The second-order valence-electron chi connectivity index (χ2n) is 5.55. The van der Waals surface area contributed by atoms with Crippen LogP contribution in [-0.4, -0.2) is 18.3 Å². The Labute approximate surface area is 114 Å². The van der Waals surface area contributed by atoms with Gasteiger partial charge in [-0.15, -0.1) is 0 Å². The summed E-state index contributed by atoms with van der Waals surface area (Å²) in [7, 11) is 1.48. The smallest absolute Gasteiger partial charge is 0.168 e. The van der Waals surface area contributed by atoms with E-state index in [0.29, 0.717) is 17.9 Å².